The van der Waals surface area contributed by atoms with E-state index < -0.39 is 0 Å². The van der Waals surface area contributed by atoms with E-state index in [1.165, 1.54) is 25.3 Å². The summed E-state index contributed by atoms with van der Waals surface area (Å²) in [6.45, 7) is 8.50. The highest BCUT2D eigenvalue weighted by molar-refractivity contribution is 9.10. The smallest absolute Gasteiger partial charge is 0.124 e. The Hall–Kier alpha value is -0.410. The van der Waals surface area contributed by atoms with E-state index in [0.717, 1.165) is 23.1 Å². The third kappa shape index (κ3) is 5.49. The van der Waals surface area contributed by atoms with E-state index in [1.807, 2.05) is 6.07 Å². The Morgan fingerprint density at radius 1 is 1.22 bits per heavy atom. The van der Waals surface area contributed by atoms with Gasteiger partial charge in [-0.05, 0) is 50.6 Å². The standard InChI is InChI=1S/C15H23BrFN/c1-4-5-6-7-18(12(2)3)11-13-8-14(16)10-15(17)9-13/h8-10,12H,4-7,11H2,1-3H3. The molecule has 0 radical (unpaired) electrons. The Morgan fingerprint density at radius 3 is 2.50 bits per heavy atom. The van der Waals surface area contributed by atoms with E-state index >= 15 is 0 Å². The van der Waals surface area contributed by atoms with Crippen molar-refractivity contribution in [2.24, 2.45) is 0 Å². The quantitative estimate of drug-likeness (QED) is 0.641. The number of benzene rings is 1. The number of unbranched alkanes of at least 4 members (excludes halogenated alkanes) is 2. The lowest BCUT2D eigenvalue weighted by Gasteiger charge is -2.26. The van der Waals surface area contributed by atoms with Crippen LogP contribution in [0.2, 0.25) is 0 Å². The van der Waals surface area contributed by atoms with Crippen LogP contribution in [0.5, 0.6) is 0 Å². The van der Waals surface area contributed by atoms with Crippen molar-refractivity contribution >= 4 is 15.9 Å². The average Bonchev–Trinajstić information content (AvgIpc) is 2.26. The van der Waals surface area contributed by atoms with Crippen LogP contribution in [-0.4, -0.2) is 17.5 Å². The molecule has 18 heavy (non-hydrogen) atoms. The molecule has 0 fully saturated rings. The molecule has 0 bridgehead atoms. The van der Waals surface area contributed by atoms with E-state index in [0.29, 0.717) is 6.04 Å². The summed E-state index contributed by atoms with van der Waals surface area (Å²) in [6, 6.07) is 5.61. The molecule has 0 aliphatic carbocycles. The summed E-state index contributed by atoms with van der Waals surface area (Å²) >= 11 is 3.35. The van der Waals surface area contributed by atoms with Crippen LogP contribution in [0.15, 0.2) is 22.7 Å². The Labute approximate surface area is 119 Å². The molecule has 1 aromatic rings. The molecule has 1 nitrogen and oxygen atoms in total. The Balaban J connectivity index is 2.64. The van der Waals surface area contributed by atoms with Crippen LogP contribution in [0, 0.1) is 5.82 Å². The van der Waals surface area contributed by atoms with Crippen molar-refractivity contribution in [3.05, 3.63) is 34.1 Å². The molecular formula is C15H23BrFN. The minimum absolute atomic E-state index is 0.170. The highest BCUT2D eigenvalue weighted by atomic mass is 79.9. The van der Waals surface area contributed by atoms with Crippen LogP contribution in [0.4, 0.5) is 4.39 Å². The summed E-state index contributed by atoms with van der Waals surface area (Å²) in [5.74, 6) is -0.170. The predicted octanol–water partition coefficient (Wildman–Crippen LogP) is 4.99. The van der Waals surface area contributed by atoms with Gasteiger partial charge in [-0.1, -0.05) is 35.7 Å². The number of halogens is 2. The molecule has 0 unspecified atom stereocenters. The van der Waals surface area contributed by atoms with Crippen molar-refractivity contribution in [1.82, 2.24) is 4.90 Å². The predicted molar refractivity (Wildman–Crippen MR) is 79.2 cm³/mol. The topological polar surface area (TPSA) is 3.24 Å². The van der Waals surface area contributed by atoms with E-state index in [2.05, 4.69) is 41.6 Å². The van der Waals surface area contributed by atoms with Crippen molar-refractivity contribution in [3.63, 3.8) is 0 Å². The maximum absolute atomic E-state index is 13.3. The second-order valence-electron chi connectivity index (χ2n) is 5.05. The Bertz CT molecular complexity index is 345. The fraction of sp³-hybridized carbons (Fsp3) is 0.600. The minimum atomic E-state index is -0.170. The molecule has 1 aromatic carbocycles. The van der Waals surface area contributed by atoms with Crippen LogP contribution >= 0.6 is 15.9 Å². The lowest BCUT2D eigenvalue weighted by Crippen LogP contribution is -2.31. The first-order chi connectivity index (χ1) is 8.52. The van der Waals surface area contributed by atoms with Crippen molar-refractivity contribution in [2.45, 2.75) is 52.6 Å². The monoisotopic (exact) mass is 315 g/mol. The van der Waals surface area contributed by atoms with Gasteiger partial charge in [0.1, 0.15) is 5.82 Å². The molecule has 0 heterocycles. The minimum Gasteiger partial charge on any atom is -0.297 e. The summed E-state index contributed by atoms with van der Waals surface area (Å²) in [7, 11) is 0. The molecule has 1 rings (SSSR count). The summed E-state index contributed by atoms with van der Waals surface area (Å²) in [6.07, 6.45) is 3.71. The van der Waals surface area contributed by atoms with Crippen LogP contribution in [0.25, 0.3) is 0 Å². The fourth-order valence-electron chi connectivity index (χ4n) is 2.02. The van der Waals surface area contributed by atoms with Gasteiger partial charge in [0, 0.05) is 17.1 Å². The van der Waals surface area contributed by atoms with Gasteiger partial charge in [-0.3, -0.25) is 4.90 Å². The van der Waals surface area contributed by atoms with Crippen LogP contribution in [0.1, 0.15) is 45.6 Å². The summed E-state index contributed by atoms with van der Waals surface area (Å²) in [4.78, 5) is 2.40. The van der Waals surface area contributed by atoms with Gasteiger partial charge in [0.05, 0.1) is 0 Å². The van der Waals surface area contributed by atoms with Crippen LogP contribution in [-0.2, 0) is 6.54 Å². The molecule has 0 N–H and O–H groups in total. The van der Waals surface area contributed by atoms with E-state index in [1.54, 1.807) is 6.07 Å². The second kappa shape index (κ2) is 7.90. The van der Waals surface area contributed by atoms with Gasteiger partial charge in [0.25, 0.3) is 0 Å². The van der Waals surface area contributed by atoms with Crippen molar-refractivity contribution < 1.29 is 4.39 Å². The van der Waals surface area contributed by atoms with E-state index in [4.69, 9.17) is 0 Å². The molecule has 0 aliphatic heterocycles. The highest BCUT2D eigenvalue weighted by Gasteiger charge is 2.10. The highest BCUT2D eigenvalue weighted by Crippen LogP contribution is 2.17. The number of hydrogen-bond acceptors (Lipinski definition) is 1. The van der Waals surface area contributed by atoms with Gasteiger partial charge >= 0.3 is 0 Å². The molecule has 0 aliphatic rings. The molecule has 0 amide bonds. The third-order valence-corrected chi connectivity index (χ3v) is 3.55. The van der Waals surface area contributed by atoms with Gasteiger partial charge in [-0.15, -0.1) is 0 Å². The molecule has 0 spiro atoms. The Morgan fingerprint density at radius 2 is 1.94 bits per heavy atom. The van der Waals surface area contributed by atoms with Crippen molar-refractivity contribution in [1.29, 1.82) is 0 Å². The zero-order chi connectivity index (χ0) is 13.5. The lowest BCUT2D eigenvalue weighted by atomic mass is 10.1. The lowest BCUT2D eigenvalue weighted by molar-refractivity contribution is 0.208. The molecule has 3 heteroatoms. The molecular weight excluding hydrogens is 293 g/mol. The SMILES string of the molecule is CCCCCN(Cc1cc(F)cc(Br)c1)C(C)C. The zero-order valence-electron chi connectivity index (χ0n) is 11.5. The largest absolute Gasteiger partial charge is 0.297 e. The first-order valence-corrected chi connectivity index (χ1v) is 7.51. The molecule has 0 atom stereocenters. The first kappa shape index (κ1) is 15.6. The zero-order valence-corrected chi connectivity index (χ0v) is 13.1. The van der Waals surface area contributed by atoms with Crippen molar-refractivity contribution in [2.75, 3.05) is 6.54 Å². The fourth-order valence-corrected chi connectivity index (χ4v) is 2.53. The van der Waals surface area contributed by atoms with Crippen LogP contribution in [0.3, 0.4) is 0 Å². The molecule has 0 saturated heterocycles. The molecule has 102 valence electrons. The van der Waals surface area contributed by atoms with Gasteiger partial charge in [-0.25, -0.2) is 4.39 Å². The van der Waals surface area contributed by atoms with Crippen molar-refractivity contribution in [3.8, 4) is 0 Å². The summed E-state index contributed by atoms with van der Waals surface area (Å²) in [5, 5.41) is 0. The number of hydrogen-bond donors (Lipinski definition) is 0. The molecule has 0 saturated carbocycles. The van der Waals surface area contributed by atoms with Gasteiger partial charge in [0.15, 0.2) is 0 Å². The van der Waals surface area contributed by atoms with Gasteiger partial charge < -0.3 is 0 Å². The van der Waals surface area contributed by atoms with Gasteiger partial charge in [-0.2, -0.15) is 0 Å². The average molecular weight is 316 g/mol. The first-order valence-electron chi connectivity index (χ1n) is 6.72. The number of rotatable bonds is 7. The van der Waals surface area contributed by atoms with Gasteiger partial charge in [0.2, 0.25) is 0 Å². The maximum atomic E-state index is 13.3. The Kier molecular flexibility index (Phi) is 6.87. The normalized spacial score (nSPS) is 11.5. The third-order valence-electron chi connectivity index (χ3n) is 3.09. The maximum Gasteiger partial charge on any atom is 0.124 e. The van der Waals surface area contributed by atoms with E-state index in [-0.39, 0.29) is 5.82 Å². The van der Waals surface area contributed by atoms with Crippen LogP contribution < -0.4 is 0 Å². The summed E-state index contributed by atoms with van der Waals surface area (Å²) in [5.41, 5.74) is 1.03. The summed E-state index contributed by atoms with van der Waals surface area (Å²) < 4.78 is 14.2. The number of nitrogens with zero attached hydrogens (tertiary/aromatic N) is 1. The van der Waals surface area contributed by atoms with E-state index in [9.17, 15) is 4.39 Å². The second-order valence-corrected chi connectivity index (χ2v) is 5.96. The molecule has 0 aromatic heterocycles.